The number of carbonyl (C=O) groups excluding carboxylic acids is 1. The number of hydrogen-bond donors (Lipinski definition) is 1. The third kappa shape index (κ3) is 3.86. The van der Waals surface area contributed by atoms with Gasteiger partial charge in [-0.3, -0.25) is 9.10 Å². The summed E-state index contributed by atoms with van der Waals surface area (Å²) in [5.74, 6) is -1.15. The second-order valence-electron chi connectivity index (χ2n) is 5.98. The second kappa shape index (κ2) is 7.74. The topological polar surface area (TPSA) is 75.7 Å². The van der Waals surface area contributed by atoms with Crippen LogP contribution in [-0.2, 0) is 14.8 Å². The molecule has 9 heteroatoms. The van der Waals surface area contributed by atoms with Crippen molar-refractivity contribution in [3.05, 3.63) is 53.3 Å². The van der Waals surface area contributed by atoms with Crippen molar-refractivity contribution in [1.29, 1.82) is 0 Å². The zero-order valence-corrected chi connectivity index (χ0v) is 16.1. The van der Waals surface area contributed by atoms with E-state index in [1.165, 1.54) is 6.07 Å². The van der Waals surface area contributed by atoms with E-state index < -0.39 is 32.7 Å². The molecule has 27 heavy (non-hydrogen) atoms. The van der Waals surface area contributed by atoms with E-state index in [1.54, 1.807) is 24.3 Å². The number of nitrogens with one attached hydrogen (secondary N) is 1. The van der Waals surface area contributed by atoms with Gasteiger partial charge in [-0.2, -0.15) is 0 Å². The van der Waals surface area contributed by atoms with Crippen molar-refractivity contribution in [2.75, 3.05) is 17.4 Å². The van der Waals surface area contributed by atoms with Crippen LogP contribution in [0.1, 0.15) is 13.3 Å². The number of amides is 1. The van der Waals surface area contributed by atoms with Crippen LogP contribution in [0.2, 0.25) is 5.02 Å². The Kier molecular flexibility index (Phi) is 5.57. The first-order valence-electron chi connectivity index (χ1n) is 8.35. The van der Waals surface area contributed by atoms with E-state index in [0.29, 0.717) is 6.54 Å². The molecule has 0 saturated heterocycles. The van der Waals surface area contributed by atoms with Gasteiger partial charge in [0, 0.05) is 11.6 Å². The number of benzene rings is 2. The van der Waals surface area contributed by atoms with Gasteiger partial charge in [-0.1, -0.05) is 30.7 Å². The van der Waals surface area contributed by atoms with Gasteiger partial charge in [-0.15, -0.1) is 0 Å². The zero-order chi connectivity index (χ0) is 19.6. The van der Waals surface area contributed by atoms with Crippen molar-refractivity contribution >= 4 is 33.2 Å². The minimum absolute atomic E-state index is 0.0886. The minimum Gasteiger partial charge on any atom is -0.476 e. The number of fused-ring (bicyclic) bond motifs is 1. The molecule has 1 atom stereocenters. The van der Waals surface area contributed by atoms with Crippen molar-refractivity contribution in [2.24, 2.45) is 0 Å². The Hall–Kier alpha value is -2.32. The molecule has 0 radical (unpaired) electrons. The lowest BCUT2D eigenvalue weighted by Gasteiger charge is -2.34. The molecule has 0 aliphatic carbocycles. The van der Waals surface area contributed by atoms with E-state index in [2.05, 4.69) is 5.32 Å². The monoisotopic (exact) mass is 412 g/mol. The fraction of sp³-hybridized carbons (Fsp3) is 0.278. The van der Waals surface area contributed by atoms with Crippen LogP contribution in [0.25, 0.3) is 0 Å². The summed E-state index contributed by atoms with van der Waals surface area (Å²) in [6.45, 7) is 2.08. The summed E-state index contributed by atoms with van der Waals surface area (Å²) in [5, 5.41) is 2.78. The smallest absolute Gasteiger partial charge is 0.267 e. The van der Waals surface area contributed by atoms with Crippen LogP contribution < -0.4 is 14.4 Å². The van der Waals surface area contributed by atoms with Crippen molar-refractivity contribution < 1.29 is 22.3 Å². The van der Waals surface area contributed by atoms with Gasteiger partial charge in [-0.25, -0.2) is 12.8 Å². The SMILES string of the molecule is CCCNC(=O)C1CN(S(=O)(=O)c2ccc(Cl)cc2F)c2ccccc2O1. The molecule has 1 unspecified atom stereocenters. The third-order valence-electron chi connectivity index (χ3n) is 4.04. The molecule has 0 aromatic heterocycles. The van der Waals surface area contributed by atoms with Gasteiger partial charge < -0.3 is 10.1 Å². The molecule has 1 aliphatic heterocycles. The Labute approximate surface area is 161 Å². The average Bonchev–Trinajstić information content (AvgIpc) is 2.64. The van der Waals surface area contributed by atoms with Crippen molar-refractivity contribution in [3.8, 4) is 5.75 Å². The highest BCUT2D eigenvalue weighted by Crippen LogP contribution is 2.37. The minimum atomic E-state index is -4.27. The average molecular weight is 413 g/mol. The first-order valence-corrected chi connectivity index (χ1v) is 10.2. The van der Waals surface area contributed by atoms with Crippen molar-refractivity contribution in [3.63, 3.8) is 0 Å². The van der Waals surface area contributed by atoms with E-state index in [9.17, 15) is 17.6 Å². The molecule has 1 aliphatic rings. The van der Waals surface area contributed by atoms with E-state index in [4.69, 9.17) is 16.3 Å². The van der Waals surface area contributed by atoms with Gasteiger partial charge in [0.1, 0.15) is 16.5 Å². The maximum atomic E-state index is 14.3. The summed E-state index contributed by atoms with van der Waals surface area (Å²) in [6, 6.07) is 9.76. The highest BCUT2D eigenvalue weighted by atomic mass is 35.5. The fourth-order valence-electron chi connectivity index (χ4n) is 2.73. The molecule has 144 valence electrons. The molecule has 6 nitrogen and oxygen atoms in total. The molecular formula is C18H18ClFN2O4S. The molecule has 2 aromatic carbocycles. The first-order chi connectivity index (χ1) is 12.8. The fourth-order valence-corrected chi connectivity index (χ4v) is 4.41. The molecule has 2 aromatic rings. The Balaban J connectivity index is 2.03. The quantitative estimate of drug-likeness (QED) is 0.819. The summed E-state index contributed by atoms with van der Waals surface area (Å²) in [4.78, 5) is 11.8. The predicted octanol–water partition coefficient (Wildman–Crippen LogP) is 2.96. The third-order valence-corrected chi connectivity index (χ3v) is 6.09. The summed E-state index contributed by atoms with van der Waals surface area (Å²) < 4.78 is 47.2. The lowest BCUT2D eigenvalue weighted by molar-refractivity contribution is -0.127. The van der Waals surface area contributed by atoms with Crippen LogP contribution in [0.15, 0.2) is 47.4 Å². The largest absolute Gasteiger partial charge is 0.476 e. The van der Waals surface area contributed by atoms with Crippen LogP contribution >= 0.6 is 11.6 Å². The number of para-hydroxylation sites is 2. The number of hydrogen-bond acceptors (Lipinski definition) is 4. The molecule has 1 N–H and O–H groups in total. The van der Waals surface area contributed by atoms with Gasteiger partial charge in [0.25, 0.3) is 15.9 Å². The number of rotatable bonds is 5. The lowest BCUT2D eigenvalue weighted by Crippen LogP contribution is -2.50. The van der Waals surface area contributed by atoms with E-state index in [-0.39, 0.29) is 23.0 Å². The summed E-state index contributed by atoms with van der Waals surface area (Å²) >= 11 is 5.73. The lowest BCUT2D eigenvalue weighted by atomic mass is 10.2. The first kappa shape index (κ1) is 19.4. The predicted molar refractivity (Wildman–Crippen MR) is 100 cm³/mol. The van der Waals surface area contributed by atoms with E-state index in [1.807, 2.05) is 6.92 Å². The number of anilines is 1. The van der Waals surface area contributed by atoms with Crippen LogP contribution in [0.3, 0.4) is 0 Å². The van der Waals surface area contributed by atoms with Crippen molar-refractivity contribution in [1.82, 2.24) is 5.32 Å². The summed E-state index contributed by atoms with van der Waals surface area (Å²) in [6.07, 6.45) is -0.316. The zero-order valence-electron chi connectivity index (χ0n) is 14.5. The maximum absolute atomic E-state index is 14.3. The summed E-state index contributed by atoms with van der Waals surface area (Å²) in [5.41, 5.74) is 0.242. The van der Waals surface area contributed by atoms with Gasteiger partial charge in [0.2, 0.25) is 0 Å². The van der Waals surface area contributed by atoms with Crippen LogP contribution in [0.5, 0.6) is 5.75 Å². The van der Waals surface area contributed by atoms with Crippen LogP contribution in [0, 0.1) is 5.82 Å². The number of nitrogens with zero attached hydrogens (tertiary/aromatic N) is 1. The van der Waals surface area contributed by atoms with Crippen LogP contribution in [0.4, 0.5) is 10.1 Å². The Morgan fingerprint density at radius 3 is 2.78 bits per heavy atom. The Morgan fingerprint density at radius 1 is 1.33 bits per heavy atom. The van der Waals surface area contributed by atoms with Gasteiger partial charge in [0.15, 0.2) is 6.10 Å². The molecular weight excluding hydrogens is 395 g/mol. The number of carbonyl (C=O) groups is 1. The number of sulfonamides is 1. The second-order valence-corrected chi connectivity index (χ2v) is 8.24. The molecule has 1 amide bonds. The summed E-state index contributed by atoms with van der Waals surface area (Å²) in [7, 11) is -4.27. The number of halogens is 2. The van der Waals surface area contributed by atoms with Gasteiger partial charge >= 0.3 is 0 Å². The molecule has 0 spiro atoms. The number of ether oxygens (including phenoxy) is 1. The highest BCUT2D eigenvalue weighted by molar-refractivity contribution is 7.92. The standard InChI is InChI=1S/C18H18ClFN2O4S/c1-2-9-21-18(23)16-11-22(14-5-3-4-6-15(14)26-16)27(24,25)17-8-7-12(19)10-13(17)20/h3-8,10,16H,2,9,11H2,1H3,(H,21,23). The van der Waals surface area contributed by atoms with Gasteiger partial charge in [0.05, 0.1) is 12.2 Å². The Morgan fingerprint density at radius 2 is 2.07 bits per heavy atom. The van der Waals surface area contributed by atoms with E-state index in [0.717, 1.165) is 22.9 Å². The molecule has 0 saturated carbocycles. The molecule has 0 fully saturated rings. The van der Waals surface area contributed by atoms with Crippen LogP contribution in [-0.4, -0.2) is 33.5 Å². The van der Waals surface area contributed by atoms with E-state index >= 15 is 0 Å². The Bertz CT molecular complexity index is 968. The highest BCUT2D eigenvalue weighted by Gasteiger charge is 2.38. The molecule has 1 heterocycles. The van der Waals surface area contributed by atoms with Gasteiger partial charge in [-0.05, 0) is 36.8 Å². The molecule has 3 rings (SSSR count). The van der Waals surface area contributed by atoms with Crippen molar-refractivity contribution in [2.45, 2.75) is 24.3 Å². The normalized spacial score (nSPS) is 16.4. The molecule has 0 bridgehead atoms. The maximum Gasteiger partial charge on any atom is 0.267 e.